The van der Waals surface area contributed by atoms with Gasteiger partial charge in [-0.25, -0.2) is 13.8 Å². The van der Waals surface area contributed by atoms with E-state index in [4.69, 9.17) is 16.3 Å². The van der Waals surface area contributed by atoms with Crippen LogP contribution in [0.4, 0.5) is 27.8 Å². The van der Waals surface area contributed by atoms with Crippen LogP contribution >= 0.6 is 11.6 Å². The van der Waals surface area contributed by atoms with E-state index in [9.17, 15) is 31.5 Å². The van der Waals surface area contributed by atoms with Gasteiger partial charge >= 0.3 is 6.36 Å². The molecule has 0 radical (unpaired) electrons. The first-order chi connectivity index (χ1) is 19.1. The van der Waals surface area contributed by atoms with Gasteiger partial charge < -0.3 is 25.0 Å². The van der Waals surface area contributed by atoms with Crippen LogP contribution in [0.25, 0.3) is 0 Å². The molecule has 41 heavy (non-hydrogen) atoms. The number of rotatable bonds is 8. The van der Waals surface area contributed by atoms with Crippen LogP contribution in [-0.2, 0) is 4.79 Å². The predicted octanol–water partition coefficient (Wildman–Crippen LogP) is 5.24. The van der Waals surface area contributed by atoms with Gasteiger partial charge in [-0.2, -0.15) is 0 Å². The van der Waals surface area contributed by atoms with Crippen molar-refractivity contribution in [3.63, 3.8) is 0 Å². The minimum absolute atomic E-state index is 0.0106. The number of pyridine rings is 1. The van der Waals surface area contributed by atoms with Crippen molar-refractivity contribution in [2.75, 3.05) is 4.90 Å². The number of hydrogen-bond acceptors (Lipinski definition) is 6. The summed E-state index contributed by atoms with van der Waals surface area (Å²) < 4.78 is 74.5. The van der Waals surface area contributed by atoms with Crippen molar-refractivity contribution in [1.82, 2.24) is 15.6 Å². The minimum atomic E-state index is -4.97. The molecule has 0 spiro atoms. The Morgan fingerprint density at radius 2 is 1.68 bits per heavy atom. The zero-order chi connectivity index (χ0) is 29.7. The topological polar surface area (TPSA) is 92.8 Å². The highest BCUT2D eigenvalue weighted by Crippen LogP contribution is 2.42. The van der Waals surface area contributed by atoms with Crippen molar-refractivity contribution in [1.29, 1.82) is 0 Å². The summed E-state index contributed by atoms with van der Waals surface area (Å²) in [5.41, 5.74) is -1.34. The summed E-state index contributed by atoms with van der Waals surface area (Å²) in [5, 5.41) is 5.28. The Kier molecular flexibility index (Phi) is 7.46. The lowest BCUT2D eigenvalue weighted by Gasteiger charge is -2.40. The van der Waals surface area contributed by atoms with Crippen LogP contribution in [0.2, 0.25) is 5.02 Å². The molecule has 1 saturated carbocycles. The number of alkyl halides is 5. The van der Waals surface area contributed by atoms with Crippen molar-refractivity contribution >= 4 is 29.2 Å². The smallest absolute Gasteiger partial charge is 0.474 e. The second kappa shape index (κ2) is 10.5. The molecule has 3 heterocycles. The zero-order valence-corrected chi connectivity index (χ0v) is 22.9. The van der Waals surface area contributed by atoms with Crippen LogP contribution in [0.5, 0.6) is 11.5 Å². The molecule has 1 aromatic heterocycles. The normalized spacial score (nSPS) is 24.9. The van der Waals surface area contributed by atoms with Gasteiger partial charge in [0, 0.05) is 41.8 Å². The first kappa shape index (κ1) is 29.2. The number of nitrogens with zero attached hydrogens (tertiary/aromatic N) is 2. The summed E-state index contributed by atoms with van der Waals surface area (Å²) in [6, 6.07) is 5.52. The molecule has 14 heteroatoms. The van der Waals surface area contributed by atoms with Gasteiger partial charge in [-0.1, -0.05) is 11.6 Å². The summed E-state index contributed by atoms with van der Waals surface area (Å²) in [5.74, 6) is -4.24. The van der Waals surface area contributed by atoms with Crippen LogP contribution in [0.1, 0.15) is 56.3 Å². The largest absolute Gasteiger partial charge is 0.573 e. The Morgan fingerprint density at radius 3 is 2.24 bits per heavy atom. The molecule has 5 rings (SSSR count). The molecule has 1 aromatic carbocycles. The molecular weight excluding hydrogens is 575 g/mol. The molecule has 3 aliphatic rings. The minimum Gasteiger partial charge on any atom is -0.474 e. The second-order valence-electron chi connectivity index (χ2n) is 11.1. The average Bonchev–Trinajstić information content (AvgIpc) is 3.38. The van der Waals surface area contributed by atoms with E-state index in [1.165, 1.54) is 32.2 Å². The predicted molar refractivity (Wildman–Crippen MR) is 138 cm³/mol. The third kappa shape index (κ3) is 6.60. The first-order valence-corrected chi connectivity index (χ1v) is 13.5. The highest BCUT2D eigenvalue weighted by molar-refractivity contribution is 6.30. The van der Waals surface area contributed by atoms with Crippen LogP contribution in [-0.4, -0.2) is 58.9 Å². The maximum absolute atomic E-state index is 13.2. The number of anilines is 1. The summed E-state index contributed by atoms with van der Waals surface area (Å²) >= 11 is 5.82. The number of carbonyl (C=O) groups is 2. The van der Waals surface area contributed by atoms with Crippen LogP contribution < -0.4 is 25.0 Å². The summed E-state index contributed by atoms with van der Waals surface area (Å²) in [4.78, 5) is 32.0. The van der Waals surface area contributed by atoms with Gasteiger partial charge in [-0.05, 0) is 63.8 Å². The molecular formula is C27H28ClF5N4O4. The third-order valence-electron chi connectivity index (χ3n) is 7.52. The standard InChI is InChI=1S/C27H28ClF5N4O4/c1-25(2,40-19-7-4-15(28)9-20(19)41-27(31,32)33)24(39)35-16-10-17-5-6-18(11-16)37(17)22-8-3-14(13-34-22)23(38)36-21-12-26(21,29)30/h3-4,7-9,13,16-18,21H,5-6,10-12H2,1-2H3,(H,35,39)(H,36,38)/t16-,17+,18-,21?. The second-order valence-corrected chi connectivity index (χ2v) is 11.5. The number of aromatic nitrogens is 1. The highest BCUT2D eigenvalue weighted by atomic mass is 35.5. The van der Waals surface area contributed by atoms with Gasteiger partial charge in [0.25, 0.3) is 17.7 Å². The van der Waals surface area contributed by atoms with E-state index in [1.807, 2.05) is 0 Å². The highest BCUT2D eigenvalue weighted by Gasteiger charge is 2.58. The molecule has 222 valence electrons. The maximum atomic E-state index is 13.2. The van der Waals surface area contributed by atoms with Crippen LogP contribution in [0.3, 0.4) is 0 Å². The van der Waals surface area contributed by atoms with E-state index in [0.29, 0.717) is 18.7 Å². The number of amides is 2. The summed E-state index contributed by atoms with van der Waals surface area (Å²) in [6.45, 7) is 2.90. The van der Waals surface area contributed by atoms with E-state index in [2.05, 4.69) is 25.3 Å². The fraction of sp³-hybridized carbons (Fsp3) is 0.519. The summed E-state index contributed by atoms with van der Waals surface area (Å²) in [7, 11) is 0. The van der Waals surface area contributed by atoms with Gasteiger partial charge in [0.1, 0.15) is 5.82 Å². The first-order valence-electron chi connectivity index (χ1n) is 13.1. The molecule has 4 atom stereocenters. The third-order valence-corrected chi connectivity index (χ3v) is 7.75. The average molecular weight is 603 g/mol. The number of benzene rings is 1. The quantitative estimate of drug-likeness (QED) is 0.401. The molecule has 2 N–H and O–H groups in total. The Balaban J connectivity index is 1.19. The number of carbonyl (C=O) groups excluding carboxylic acids is 2. The van der Waals surface area contributed by atoms with Gasteiger partial charge in [-0.3, -0.25) is 9.59 Å². The molecule has 2 saturated heterocycles. The number of ether oxygens (including phenoxy) is 2. The Labute approximate surface area is 237 Å². The molecule has 3 fully saturated rings. The van der Waals surface area contributed by atoms with Crippen molar-refractivity contribution in [2.45, 2.75) is 88.0 Å². The zero-order valence-electron chi connectivity index (χ0n) is 22.1. The fourth-order valence-corrected chi connectivity index (χ4v) is 5.57. The van der Waals surface area contributed by atoms with Crippen LogP contribution in [0, 0.1) is 0 Å². The molecule has 2 amide bonds. The van der Waals surface area contributed by atoms with Crippen molar-refractivity contribution in [3.8, 4) is 11.5 Å². The van der Waals surface area contributed by atoms with Crippen molar-refractivity contribution in [3.05, 3.63) is 47.1 Å². The van der Waals surface area contributed by atoms with E-state index < -0.39 is 41.5 Å². The molecule has 2 aromatic rings. The lowest BCUT2D eigenvalue weighted by Crippen LogP contribution is -2.55. The van der Waals surface area contributed by atoms with Gasteiger partial charge in [0.15, 0.2) is 17.1 Å². The van der Waals surface area contributed by atoms with Gasteiger partial charge in [-0.15, -0.1) is 13.2 Å². The Hall–Kier alpha value is -3.35. The van der Waals surface area contributed by atoms with E-state index in [0.717, 1.165) is 18.9 Å². The van der Waals surface area contributed by atoms with Gasteiger partial charge in [0.05, 0.1) is 11.6 Å². The van der Waals surface area contributed by atoms with Crippen molar-refractivity contribution in [2.24, 2.45) is 0 Å². The summed E-state index contributed by atoms with van der Waals surface area (Å²) in [6.07, 6.45) is -1.05. The Bertz CT molecular complexity index is 1310. The van der Waals surface area contributed by atoms with E-state index in [1.54, 1.807) is 12.1 Å². The van der Waals surface area contributed by atoms with E-state index in [-0.39, 0.29) is 40.9 Å². The maximum Gasteiger partial charge on any atom is 0.573 e. The number of hydrogen-bond donors (Lipinski definition) is 2. The number of piperidine rings is 1. The molecule has 2 aliphatic heterocycles. The van der Waals surface area contributed by atoms with Gasteiger partial charge in [0.2, 0.25) is 0 Å². The number of nitrogens with one attached hydrogen (secondary N) is 2. The monoisotopic (exact) mass is 602 g/mol. The van der Waals surface area contributed by atoms with E-state index >= 15 is 0 Å². The molecule has 1 aliphatic carbocycles. The van der Waals surface area contributed by atoms with Crippen molar-refractivity contribution < 1.29 is 41.0 Å². The number of halogens is 6. The molecule has 8 nitrogen and oxygen atoms in total. The Morgan fingerprint density at radius 1 is 1.02 bits per heavy atom. The number of fused-ring (bicyclic) bond motifs is 2. The SMILES string of the molecule is CC(C)(Oc1ccc(Cl)cc1OC(F)(F)F)C(=O)N[C@H]1C[C@H]2CC[C@@H](C1)N2c1ccc(C(=O)NC2CC2(F)F)cn1. The van der Waals surface area contributed by atoms with Crippen LogP contribution in [0.15, 0.2) is 36.5 Å². The fourth-order valence-electron chi connectivity index (χ4n) is 5.40. The lowest BCUT2D eigenvalue weighted by molar-refractivity contribution is -0.275. The molecule has 2 bridgehead atoms. The molecule has 1 unspecified atom stereocenters. The lowest BCUT2D eigenvalue weighted by atomic mass is 9.96.